The van der Waals surface area contributed by atoms with Gasteiger partial charge in [0.2, 0.25) is 0 Å². The standard InChI is InChI=1S/C27H44O7/c1-23(2,32)9-8-22(31)26(5,33)21-7-11-27(34)16-12-18(28)17-13-19(29)20(30)14-24(17,3)15(16)6-10-25(21,27)4/h12,15,17,19-22,29-34H,6-11,13-14H2,1-5H3/t15-,17+,19+,20-,21-,22?,24+,25+,26+,27+/m0/s1. The zero-order valence-electron chi connectivity index (χ0n) is 21.3. The normalized spacial score (nSPS) is 47.2. The van der Waals surface area contributed by atoms with Gasteiger partial charge in [0, 0.05) is 11.3 Å². The molecule has 0 radical (unpaired) electrons. The van der Waals surface area contributed by atoms with Crippen LogP contribution >= 0.6 is 0 Å². The fraction of sp³-hybridized carbons (Fsp3) is 0.889. The summed E-state index contributed by atoms with van der Waals surface area (Å²) >= 11 is 0. The molecule has 0 amide bonds. The van der Waals surface area contributed by atoms with Crippen LogP contribution in [-0.2, 0) is 4.79 Å². The number of carbonyl (C=O) groups excluding carboxylic acids is 1. The molecule has 0 aromatic rings. The number of hydrogen-bond donors (Lipinski definition) is 6. The largest absolute Gasteiger partial charge is 0.390 e. The summed E-state index contributed by atoms with van der Waals surface area (Å²) in [5.41, 5.74) is -4.27. The van der Waals surface area contributed by atoms with E-state index in [1.54, 1.807) is 26.8 Å². The maximum Gasteiger partial charge on any atom is 0.159 e. The molecule has 0 spiro atoms. The summed E-state index contributed by atoms with van der Waals surface area (Å²) in [6, 6.07) is 0. The van der Waals surface area contributed by atoms with Crippen molar-refractivity contribution in [2.24, 2.45) is 28.6 Å². The Morgan fingerprint density at radius 3 is 2.32 bits per heavy atom. The minimum Gasteiger partial charge on any atom is -0.390 e. The van der Waals surface area contributed by atoms with Crippen molar-refractivity contribution in [1.29, 1.82) is 0 Å². The topological polar surface area (TPSA) is 138 Å². The second-order valence-electron chi connectivity index (χ2n) is 13.2. The SMILES string of the molecule is CC(C)(O)CCC(O)[C@](C)(O)[C@H]1CC[C@@]2(O)C3=CC(=O)[C@H]4C[C@@H](O)[C@@H](O)C[C@]4(C)[C@H]3CC[C@]12C. The van der Waals surface area contributed by atoms with Gasteiger partial charge in [0.25, 0.3) is 0 Å². The van der Waals surface area contributed by atoms with Gasteiger partial charge < -0.3 is 30.6 Å². The van der Waals surface area contributed by atoms with Crippen LogP contribution in [0.25, 0.3) is 0 Å². The quantitative estimate of drug-likeness (QED) is 0.353. The zero-order chi connectivity index (χ0) is 25.5. The maximum absolute atomic E-state index is 13.2. The summed E-state index contributed by atoms with van der Waals surface area (Å²) in [4.78, 5) is 13.2. The molecule has 1 unspecified atom stereocenters. The molecule has 4 aliphatic rings. The van der Waals surface area contributed by atoms with Crippen molar-refractivity contribution < 1.29 is 35.4 Å². The number of aliphatic hydroxyl groups excluding tert-OH is 3. The van der Waals surface area contributed by atoms with Crippen molar-refractivity contribution in [3.05, 3.63) is 11.6 Å². The second kappa shape index (κ2) is 8.09. The van der Waals surface area contributed by atoms with Crippen molar-refractivity contribution in [1.82, 2.24) is 0 Å². The average molecular weight is 481 g/mol. The molecule has 34 heavy (non-hydrogen) atoms. The number of aliphatic hydroxyl groups is 6. The van der Waals surface area contributed by atoms with Gasteiger partial charge in [0.05, 0.1) is 35.1 Å². The number of ketones is 1. The van der Waals surface area contributed by atoms with Crippen molar-refractivity contribution in [2.45, 2.75) is 121 Å². The molecular weight excluding hydrogens is 436 g/mol. The first-order valence-corrected chi connectivity index (χ1v) is 12.9. The van der Waals surface area contributed by atoms with Crippen LogP contribution in [0.15, 0.2) is 11.6 Å². The lowest BCUT2D eigenvalue weighted by Gasteiger charge is -2.60. The van der Waals surface area contributed by atoms with Gasteiger partial charge in [-0.1, -0.05) is 13.8 Å². The highest BCUT2D eigenvalue weighted by atomic mass is 16.3. The summed E-state index contributed by atoms with van der Waals surface area (Å²) in [7, 11) is 0. The molecule has 194 valence electrons. The molecule has 3 saturated carbocycles. The van der Waals surface area contributed by atoms with E-state index in [0.29, 0.717) is 44.1 Å². The highest BCUT2D eigenvalue weighted by molar-refractivity contribution is 5.95. The summed E-state index contributed by atoms with van der Waals surface area (Å²) in [6.07, 6.45) is 2.11. The molecule has 0 aromatic carbocycles. The van der Waals surface area contributed by atoms with Crippen molar-refractivity contribution in [3.8, 4) is 0 Å². The van der Waals surface area contributed by atoms with E-state index in [1.807, 2.05) is 13.8 Å². The Hall–Kier alpha value is -0.830. The Kier molecular flexibility index (Phi) is 6.24. The number of fused-ring (bicyclic) bond motifs is 5. The highest BCUT2D eigenvalue weighted by Gasteiger charge is 2.69. The van der Waals surface area contributed by atoms with Gasteiger partial charge in [-0.05, 0) is 101 Å². The Bertz CT molecular complexity index is 860. The molecule has 4 aliphatic carbocycles. The highest BCUT2D eigenvalue weighted by Crippen LogP contribution is 2.68. The van der Waals surface area contributed by atoms with Crippen LogP contribution in [0, 0.1) is 28.6 Å². The van der Waals surface area contributed by atoms with E-state index in [-0.39, 0.29) is 36.4 Å². The molecular formula is C27H44O7. The third-order valence-corrected chi connectivity index (χ3v) is 10.5. The molecule has 6 N–H and O–H groups in total. The van der Waals surface area contributed by atoms with Gasteiger partial charge in [-0.3, -0.25) is 4.79 Å². The smallest absolute Gasteiger partial charge is 0.159 e. The summed E-state index contributed by atoms with van der Waals surface area (Å²) in [5, 5.41) is 65.5. The Morgan fingerprint density at radius 2 is 1.71 bits per heavy atom. The van der Waals surface area contributed by atoms with Crippen LogP contribution in [0.1, 0.15) is 86.0 Å². The van der Waals surface area contributed by atoms with Crippen LogP contribution in [0.2, 0.25) is 0 Å². The lowest BCUT2D eigenvalue weighted by Crippen LogP contribution is -2.62. The van der Waals surface area contributed by atoms with E-state index in [9.17, 15) is 35.4 Å². The zero-order valence-corrected chi connectivity index (χ0v) is 21.3. The number of carbonyl (C=O) groups is 1. The van der Waals surface area contributed by atoms with Crippen LogP contribution in [0.4, 0.5) is 0 Å². The lowest BCUT2D eigenvalue weighted by molar-refractivity contribution is -0.177. The molecule has 7 nitrogen and oxygen atoms in total. The predicted octanol–water partition coefficient (Wildman–Crippen LogP) is 1.85. The Balaban J connectivity index is 1.66. The van der Waals surface area contributed by atoms with E-state index in [2.05, 4.69) is 0 Å². The maximum atomic E-state index is 13.2. The van der Waals surface area contributed by atoms with Gasteiger partial charge >= 0.3 is 0 Å². The fourth-order valence-electron chi connectivity index (χ4n) is 8.32. The minimum absolute atomic E-state index is 0.0840. The van der Waals surface area contributed by atoms with Gasteiger partial charge in [0.15, 0.2) is 5.78 Å². The van der Waals surface area contributed by atoms with Gasteiger partial charge in [-0.25, -0.2) is 0 Å². The van der Waals surface area contributed by atoms with E-state index >= 15 is 0 Å². The van der Waals surface area contributed by atoms with Crippen LogP contribution in [0.5, 0.6) is 0 Å². The van der Waals surface area contributed by atoms with E-state index in [0.717, 1.165) is 0 Å². The monoisotopic (exact) mass is 480 g/mol. The molecule has 0 aliphatic heterocycles. The molecule has 7 heteroatoms. The second-order valence-corrected chi connectivity index (χ2v) is 13.2. The van der Waals surface area contributed by atoms with Gasteiger partial charge in [-0.2, -0.15) is 0 Å². The molecule has 10 atom stereocenters. The van der Waals surface area contributed by atoms with Crippen LogP contribution in [-0.4, -0.2) is 71.5 Å². The third-order valence-electron chi connectivity index (χ3n) is 10.5. The Labute approximate surface area is 202 Å². The van der Waals surface area contributed by atoms with E-state index in [1.165, 1.54) is 0 Å². The predicted molar refractivity (Wildman–Crippen MR) is 127 cm³/mol. The first-order valence-electron chi connectivity index (χ1n) is 12.9. The Morgan fingerprint density at radius 1 is 1.06 bits per heavy atom. The lowest BCUT2D eigenvalue weighted by atomic mass is 9.45. The summed E-state index contributed by atoms with van der Waals surface area (Å²) < 4.78 is 0. The summed E-state index contributed by atoms with van der Waals surface area (Å²) in [6.45, 7) is 8.96. The molecule has 0 saturated heterocycles. The molecule has 4 rings (SSSR count). The third kappa shape index (κ3) is 3.73. The van der Waals surface area contributed by atoms with E-state index < -0.39 is 45.9 Å². The van der Waals surface area contributed by atoms with Crippen molar-refractivity contribution in [2.75, 3.05) is 0 Å². The molecule has 0 bridgehead atoms. The average Bonchev–Trinajstić information content (AvgIpc) is 3.00. The molecule has 0 aromatic heterocycles. The van der Waals surface area contributed by atoms with Gasteiger partial charge in [0.1, 0.15) is 0 Å². The fourth-order valence-corrected chi connectivity index (χ4v) is 8.32. The first kappa shape index (κ1) is 26.2. The summed E-state index contributed by atoms with van der Waals surface area (Å²) in [5.74, 6) is -0.948. The minimum atomic E-state index is -1.46. The first-order chi connectivity index (χ1) is 15.5. The van der Waals surface area contributed by atoms with Gasteiger partial charge in [-0.15, -0.1) is 0 Å². The van der Waals surface area contributed by atoms with E-state index in [4.69, 9.17) is 0 Å². The van der Waals surface area contributed by atoms with Crippen molar-refractivity contribution in [3.63, 3.8) is 0 Å². The van der Waals surface area contributed by atoms with Crippen LogP contribution < -0.4 is 0 Å². The molecule has 0 heterocycles. The molecule has 3 fully saturated rings. The number of rotatable bonds is 5. The number of allylic oxidation sites excluding steroid dienone is 1. The van der Waals surface area contributed by atoms with Crippen LogP contribution in [0.3, 0.4) is 0 Å². The van der Waals surface area contributed by atoms with Crippen molar-refractivity contribution >= 4 is 5.78 Å². The number of hydrogen-bond acceptors (Lipinski definition) is 7.